The normalized spacial score (nSPS) is 10.5. The van der Waals surface area contributed by atoms with Crippen LogP contribution in [0.1, 0.15) is 46.5 Å². The first kappa shape index (κ1) is 27.3. The van der Waals surface area contributed by atoms with Crippen molar-refractivity contribution in [2.45, 2.75) is 52.7 Å². The van der Waals surface area contributed by atoms with Crippen molar-refractivity contribution in [2.75, 3.05) is 13.2 Å². The van der Waals surface area contributed by atoms with Gasteiger partial charge in [-0.2, -0.15) is 0 Å². The summed E-state index contributed by atoms with van der Waals surface area (Å²) in [6, 6.07) is 29.0. The Bertz CT molecular complexity index is 992. The van der Waals surface area contributed by atoms with Crippen molar-refractivity contribution in [2.24, 2.45) is 0 Å². The molecule has 4 aromatic rings. The third kappa shape index (κ3) is 11.4. The molecule has 4 heteroatoms. The minimum Gasteiger partial charge on any atom is -0.377 e. The Morgan fingerprint density at radius 3 is 1.31 bits per heavy atom. The number of nitrogens with zero attached hydrogens (tertiary/aromatic N) is 2. The van der Waals surface area contributed by atoms with E-state index in [-0.39, 0.29) is 0 Å². The fourth-order valence-corrected chi connectivity index (χ4v) is 3.55. The molecule has 2 aromatic heterocycles. The highest BCUT2D eigenvalue weighted by Crippen LogP contribution is 2.07. The van der Waals surface area contributed by atoms with E-state index in [0.29, 0.717) is 13.2 Å². The Kier molecular flexibility index (Phi) is 12.4. The molecule has 4 rings (SSSR count). The number of hydrogen-bond donors (Lipinski definition) is 0. The minimum atomic E-state index is 0.697. The number of benzene rings is 2. The van der Waals surface area contributed by atoms with Gasteiger partial charge < -0.3 is 9.47 Å². The minimum absolute atomic E-state index is 0.697. The summed E-state index contributed by atoms with van der Waals surface area (Å²) in [5.74, 6) is 0. The molecule has 0 aliphatic heterocycles. The lowest BCUT2D eigenvalue weighted by Gasteiger charge is -2.04. The highest BCUT2D eigenvalue weighted by molar-refractivity contribution is 5.21. The lowest BCUT2D eigenvalue weighted by atomic mass is 10.2. The van der Waals surface area contributed by atoms with Gasteiger partial charge in [0.2, 0.25) is 0 Å². The standard InChI is InChI=1S/2C16H19NO/c2*1-14-7-9-15(10-8-14)13-18-12-4-6-16-5-2-3-11-17-16/h2*2-3,5,7-11H,4,6,12-13H2,1H3. The molecule has 2 aromatic carbocycles. The smallest absolute Gasteiger partial charge is 0.0716 e. The van der Waals surface area contributed by atoms with Crippen molar-refractivity contribution < 1.29 is 9.47 Å². The predicted molar refractivity (Wildman–Crippen MR) is 147 cm³/mol. The van der Waals surface area contributed by atoms with Crippen LogP contribution in [0.25, 0.3) is 0 Å². The Labute approximate surface area is 216 Å². The van der Waals surface area contributed by atoms with Crippen molar-refractivity contribution >= 4 is 0 Å². The molecule has 0 saturated carbocycles. The Balaban J connectivity index is 0.000000201. The second kappa shape index (κ2) is 16.4. The van der Waals surface area contributed by atoms with E-state index >= 15 is 0 Å². The molecule has 188 valence electrons. The lowest BCUT2D eigenvalue weighted by molar-refractivity contribution is 0.118. The van der Waals surface area contributed by atoms with Gasteiger partial charge in [0, 0.05) is 37.0 Å². The topological polar surface area (TPSA) is 44.2 Å². The zero-order valence-corrected chi connectivity index (χ0v) is 21.6. The van der Waals surface area contributed by atoms with Crippen LogP contribution in [0.4, 0.5) is 0 Å². The van der Waals surface area contributed by atoms with Gasteiger partial charge in [-0.1, -0.05) is 71.8 Å². The molecule has 4 nitrogen and oxygen atoms in total. The Morgan fingerprint density at radius 1 is 0.528 bits per heavy atom. The molecular weight excluding hydrogens is 444 g/mol. The van der Waals surface area contributed by atoms with E-state index in [2.05, 4.69) is 84.5 Å². The van der Waals surface area contributed by atoms with E-state index in [1.54, 1.807) is 0 Å². The molecule has 0 fully saturated rings. The number of hydrogen-bond acceptors (Lipinski definition) is 4. The van der Waals surface area contributed by atoms with E-state index in [4.69, 9.17) is 9.47 Å². The van der Waals surface area contributed by atoms with Crippen LogP contribution in [0.5, 0.6) is 0 Å². The van der Waals surface area contributed by atoms with Gasteiger partial charge in [0.25, 0.3) is 0 Å². The van der Waals surface area contributed by atoms with E-state index in [9.17, 15) is 0 Å². The highest BCUT2D eigenvalue weighted by Gasteiger charge is 1.97. The van der Waals surface area contributed by atoms with E-state index in [1.165, 1.54) is 22.3 Å². The fraction of sp³-hybridized carbons (Fsp3) is 0.312. The zero-order valence-electron chi connectivity index (χ0n) is 21.6. The van der Waals surface area contributed by atoms with Crippen molar-refractivity contribution in [3.63, 3.8) is 0 Å². The summed E-state index contributed by atoms with van der Waals surface area (Å²) in [5.41, 5.74) is 7.31. The molecule has 0 aliphatic rings. The van der Waals surface area contributed by atoms with E-state index < -0.39 is 0 Å². The third-order valence-electron chi connectivity index (χ3n) is 5.67. The maximum atomic E-state index is 5.65. The van der Waals surface area contributed by atoms with E-state index in [0.717, 1.165) is 50.3 Å². The monoisotopic (exact) mass is 482 g/mol. The second-order valence-corrected chi connectivity index (χ2v) is 8.93. The summed E-state index contributed by atoms with van der Waals surface area (Å²) in [4.78, 5) is 8.58. The van der Waals surface area contributed by atoms with E-state index in [1.807, 2.05) is 36.7 Å². The van der Waals surface area contributed by atoms with Crippen LogP contribution in [0.2, 0.25) is 0 Å². The summed E-state index contributed by atoms with van der Waals surface area (Å²) in [5, 5.41) is 0. The van der Waals surface area contributed by atoms with Crippen molar-refractivity contribution in [3.05, 3.63) is 131 Å². The molecule has 0 saturated heterocycles. The SMILES string of the molecule is Cc1ccc(COCCCc2ccccn2)cc1.Cc1ccc(COCCCc2ccccn2)cc1. The summed E-state index contributed by atoms with van der Waals surface area (Å²) in [6.07, 6.45) is 7.67. The second-order valence-electron chi connectivity index (χ2n) is 8.93. The molecule has 0 N–H and O–H groups in total. The van der Waals surface area contributed by atoms with Gasteiger partial charge in [0.05, 0.1) is 13.2 Å². The largest absolute Gasteiger partial charge is 0.377 e. The Hall–Kier alpha value is -3.34. The number of aryl methyl sites for hydroxylation is 4. The molecule has 0 unspecified atom stereocenters. The van der Waals surface area contributed by atoms with Crippen molar-refractivity contribution in [1.82, 2.24) is 9.97 Å². The molecule has 0 radical (unpaired) electrons. The van der Waals surface area contributed by atoms with Crippen molar-refractivity contribution in [3.8, 4) is 0 Å². The molecule has 0 amide bonds. The van der Waals surface area contributed by atoms with Crippen LogP contribution in [-0.4, -0.2) is 23.2 Å². The van der Waals surface area contributed by atoms with Crippen LogP contribution < -0.4 is 0 Å². The first-order valence-electron chi connectivity index (χ1n) is 12.8. The van der Waals surface area contributed by atoms with Gasteiger partial charge >= 0.3 is 0 Å². The lowest BCUT2D eigenvalue weighted by Crippen LogP contribution is -1.98. The number of pyridine rings is 2. The summed E-state index contributed by atoms with van der Waals surface area (Å²) >= 11 is 0. The fourth-order valence-electron chi connectivity index (χ4n) is 3.55. The first-order chi connectivity index (χ1) is 17.7. The van der Waals surface area contributed by atoms with Crippen LogP contribution in [-0.2, 0) is 35.5 Å². The highest BCUT2D eigenvalue weighted by atomic mass is 16.5. The van der Waals surface area contributed by atoms with Gasteiger partial charge in [-0.15, -0.1) is 0 Å². The number of ether oxygens (including phenoxy) is 2. The van der Waals surface area contributed by atoms with Crippen molar-refractivity contribution in [1.29, 1.82) is 0 Å². The molecule has 0 bridgehead atoms. The van der Waals surface area contributed by atoms with Crippen LogP contribution >= 0.6 is 0 Å². The average molecular weight is 483 g/mol. The average Bonchev–Trinajstić information content (AvgIpc) is 2.92. The maximum Gasteiger partial charge on any atom is 0.0716 e. The van der Waals surface area contributed by atoms with Gasteiger partial charge in [-0.05, 0) is 74.9 Å². The molecule has 2 heterocycles. The van der Waals surface area contributed by atoms with Crippen LogP contribution in [0.3, 0.4) is 0 Å². The quantitative estimate of drug-likeness (QED) is 0.202. The summed E-state index contributed by atoms with van der Waals surface area (Å²) in [7, 11) is 0. The van der Waals surface area contributed by atoms with Gasteiger partial charge in [0.1, 0.15) is 0 Å². The van der Waals surface area contributed by atoms with Gasteiger partial charge in [0.15, 0.2) is 0 Å². The third-order valence-corrected chi connectivity index (χ3v) is 5.67. The number of aromatic nitrogens is 2. The van der Waals surface area contributed by atoms with Crippen LogP contribution in [0.15, 0.2) is 97.3 Å². The van der Waals surface area contributed by atoms with Gasteiger partial charge in [-0.3, -0.25) is 9.97 Å². The zero-order chi connectivity index (χ0) is 25.3. The molecule has 0 aliphatic carbocycles. The maximum absolute atomic E-state index is 5.65. The number of rotatable bonds is 12. The predicted octanol–water partition coefficient (Wildman–Crippen LogP) is 7.08. The molecule has 0 spiro atoms. The molecule has 0 atom stereocenters. The summed E-state index contributed by atoms with van der Waals surface area (Å²) in [6.45, 7) is 7.15. The Morgan fingerprint density at radius 2 is 0.944 bits per heavy atom. The van der Waals surface area contributed by atoms with Crippen LogP contribution in [0, 0.1) is 13.8 Å². The first-order valence-corrected chi connectivity index (χ1v) is 12.8. The molecule has 36 heavy (non-hydrogen) atoms. The summed E-state index contributed by atoms with van der Waals surface area (Å²) < 4.78 is 11.3. The van der Waals surface area contributed by atoms with Gasteiger partial charge in [-0.25, -0.2) is 0 Å². The molecular formula is C32H38N2O2.